The van der Waals surface area contributed by atoms with E-state index < -0.39 is 0 Å². The Kier molecular flexibility index (Phi) is 6.38. The average Bonchev–Trinajstić information content (AvgIpc) is 3.26. The lowest BCUT2D eigenvalue weighted by atomic mass is 9.89. The third-order valence-corrected chi connectivity index (χ3v) is 6.60. The summed E-state index contributed by atoms with van der Waals surface area (Å²) in [7, 11) is 0. The molecule has 1 saturated heterocycles. The number of hydrogen-bond acceptors (Lipinski definition) is 3. The maximum Gasteiger partial charge on any atom is 0.255 e. The molecule has 2 aromatic rings. The SMILES string of the molecule is Cc1ccc(C(=O)NC2CCCC2)c(C2CCN(C(=O)c3ccccc3Cl)CC2)n1. The molecule has 1 saturated carbocycles. The molecule has 6 heteroatoms. The Hall–Kier alpha value is -2.40. The molecule has 2 heterocycles. The van der Waals surface area contributed by atoms with Gasteiger partial charge >= 0.3 is 0 Å². The van der Waals surface area contributed by atoms with E-state index >= 15 is 0 Å². The third-order valence-electron chi connectivity index (χ3n) is 6.27. The maximum atomic E-state index is 12.9. The molecule has 1 N–H and O–H groups in total. The third kappa shape index (κ3) is 4.51. The van der Waals surface area contributed by atoms with Crippen LogP contribution in [0.1, 0.15) is 76.5 Å². The molecule has 0 radical (unpaired) electrons. The molecule has 1 aromatic carbocycles. The summed E-state index contributed by atoms with van der Waals surface area (Å²) in [5.74, 6) is 0.124. The van der Waals surface area contributed by atoms with E-state index in [4.69, 9.17) is 16.6 Å². The zero-order valence-corrected chi connectivity index (χ0v) is 18.1. The van der Waals surface area contributed by atoms with Gasteiger partial charge in [0.05, 0.1) is 21.8 Å². The number of piperidine rings is 1. The number of hydrogen-bond donors (Lipinski definition) is 1. The molecule has 0 spiro atoms. The molecule has 158 valence electrons. The Morgan fingerprint density at radius 1 is 1.00 bits per heavy atom. The van der Waals surface area contributed by atoms with Crippen LogP contribution < -0.4 is 5.32 Å². The number of nitrogens with zero attached hydrogens (tertiary/aromatic N) is 2. The number of benzene rings is 1. The first kappa shape index (κ1) is 20.9. The summed E-state index contributed by atoms with van der Waals surface area (Å²) in [6, 6.07) is 11.3. The van der Waals surface area contributed by atoms with Gasteiger partial charge < -0.3 is 10.2 Å². The molecule has 1 aliphatic heterocycles. The normalized spacial score (nSPS) is 17.9. The molecule has 2 fully saturated rings. The number of likely N-dealkylation sites (tertiary alicyclic amines) is 1. The van der Waals surface area contributed by atoms with E-state index in [1.165, 1.54) is 12.8 Å². The highest BCUT2D eigenvalue weighted by Gasteiger charge is 2.29. The lowest BCUT2D eigenvalue weighted by Crippen LogP contribution is -2.39. The van der Waals surface area contributed by atoms with Gasteiger partial charge in [0, 0.05) is 30.7 Å². The van der Waals surface area contributed by atoms with Crippen LogP contribution in [-0.2, 0) is 0 Å². The summed E-state index contributed by atoms with van der Waals surface area (Å²) in [6.07, 6.45) is 6.06. The fourth-order valence-corrected chi connectivity index (χ4v) is 4.79. The van der Waals surface area contributed by atoms with Crippen molar-refractivity contribution in [2.75, 3.05) is 13.1 Å². The Labute approximate surface area is 182 Å². The van der Waals surface area contributed by atoms with Crippen LogP contribution in [0.5, 0.6) is 0 Å². The number of nitrogens with one attached hydrogen (secondary N) is 1. The molecule has 0 atom stereocenters. The summed E-state index contributed by atoms with van der Waals surface area (Å²) in [4.78, 5) is 32.4. The van der Waals surface area contributed by atoms with Gasteiger partial charge in [0.15, 0.2) is 0 Å². The van der Waals surface area contributed by atoms with Crippen LogP contribution in [0.15, 0.2) is 36.4 Å². The number of aromatic nitrogens is 1. The van der Waals surface area contributed by atoms with Crippen molar-refractivity contribution in [3.63, 3.8) is 0 Å². The summed E-state index contributed by atoms with van der Waals surface area (Å²) >= 11 is 6.20. The van der Waals surface area contributed by atoms with E-state index in [2.05, 4.69) is 5.32 Å². The van der Waals surface area contributed by atoms with E-state index in [0.717, 1.165) is 37.1 Å². The Balaban J connectivity index is 1.46. The Morgan fingerprint density at radius 2 is 1.70 bits per heavy atom. The maximum absolute atomic E-state index is 12.9. The van der Waals surface area contributed by atoms with Gasteiger partial charge in [-0.15, -0.1) is 0 Å². The lowest BCUT2D eigenvalue weighted by Gasteiger charge is -2.32. The standard InChI is InChI=1S/C24H28ClN3O2/c1-16-10-11-20(23(29)27-18-6-2-3-7-18)22(26-16)17-12-14-28(15-13-17)24(30)19-8-4-5-9-21(19)25/h4-5,8-11,17-18H,2-3,6-7,12-15H2,1H3,(H,27,29). The second-order valence-electron chi connectivity index (χ2n) is 8.39. The van der Waals surface area contributed by atoms with Crippen molar-refractivity contribution in [2.24, 2.45) is 0 Å². The van der Waals surface area contributed by atoms with Gasteiger partial charge in [-0.3, -0.25) is 14.6 Å². The fourth-order valence-electron chi connectivity index (χ4n) is 4.57. The van der Waals surface area contributed by atoms with Crippen LogP contribution in [0.25, 0.3) is 0 Å². The van der Waals surface area contributed by atoms with Crippen LogP contribution in [0.4, 0.5) is 0 Å². The molecule has 2 aliphatic rings. The van der Waals surface area contributed by atoms with Gasteiger partial charge in [0.1, 0.15) is 0 Å². The highest BCUT2D eigenvalue weighted by Crippen LogP contribution is 2.31. The number of carbonyl (C=O) groups is 2. The van der Waals surface area contributed by atoms with Gasteiger partial charge in [0.2, 0.25) is 0 Å². The van der Waals surface area contributed by atoms with Gasteiger partial charge in [-0.05, 0) is 56.9 Å². The molecule has 1 aromatic heterocycles. The summed E-state index contributed by atoms with van der Waals surface area (Å²) in [6.45, 7) is 3.22. The van der Waals surface area contributed by atoms with E-state index in [1.807, 2.05) is 36.1 Å². The predicted octanol–water partition coefficient (Wildman–Crippen LogP) is 4.74. The van der Waals surface area contributed by atoms with Crippen molar-refractivity contribution in [1.29, 1.82) is 0 Å². The van der Waals surface area contributed by atoms with E-state index in [1.54, 1.807) is 12.1 Å². The number of aryl methyl sites for hydroxylation is 1. The molecular formula is C24H28ClN3O2. The number of amides is 2. The van der Waals surface area contributed by atoms with Crippen molar-refractivity contribution in [3.8, 4) is 0 Å². The minimum atomic E-state index is -0.0320. The van der Waals surface area contributed by atoms with Gasteiger partial charge in [-0.2, -0.15) is 0 Å². The first-order valence-electron chi connectivity index (χ1n) is 10.8. The smallest absolute Gasteiger partial charge is 0.255 e. The van der Waals surface area contributed by atoms with Crippen LogP contribution >= 0.6 is 11.6 Å². The van der Waals surface area contributed by atoms with Gasteiger partial charge in [-0.25, -0.2) is 0 Å². The minimum Gasteiger partial charge on any atom is -0.349 e. The summed E-state index contributed by atoms with van der Waals surface area (Å²) < 4.78 is 0. The van der Waals surface area contributed by atoms with Crippen LogP contribution in [0, 0.1) is 6.92 Å². The predicted molar refractivity (Wildman–Crippen MR) is 118 cm³/mol. The summed E-state index contributed by atoms with van der Waals surface area (Å²) in [5, 5.41) is 3.67. The lowest BCUT2D eigenvalue weighted by molar-refractivity contribution is 0.0710. The topological polar surface area (TPSA) is 62.3 Å². The average molecular weight is 426 g/mol. The monoisotopic (exact) mass is 425 g/mol. The highest BCUT2D eigenvalue weighted by atomic mass is 35.5. The van der Waals surface area contributed by atoms with Crippen LogP contribution in [-0.4, -0.2) is 40.8 Å². The van der Waals surface area contributed by atoms with E-state index in [9.17, 15) is 9.59 Å². The van der Waals surface area contributed by atoms with Gasteiger partial charge in [-0.1, -0.05) is 36.6 Å². The number of carbonyl (C=O) groups excluding carboxylic acids is 2. The largest absolute Gasteiger partial charge is 0.349 e. The number of halogens is 1. The molecule has 1 aliphatic carbocycles. The summed E-state index contributed by atoms with van der Waals surface area (Å²) in [5.41, 5.74) is 3.01. The van der Waals surface area contributed by atoms with E-state index in [-0.39, 0.29) is 23.8 Å². The quantitative estimate of drug-likeness (QED) is 0.769. The van der Waals surface area contributed by atoms with Crippen LogP contribution in [0.2, 0.25) is 5.02 Å². The molecule has 5 nitrogen and oxygen atoms in total. The Morgan fingerprint density at radius 3 is 2.40 bits per heavy atom. The molecule has 0 unspecified atom stereocenters. The fraction of sp³-hybridized carbons (Fsp3) is 0.458. The molecule has 30 heavy (non-hydrogen) atoms. The van der Waals surface area contributed by atoms with Crippen molar-refractivity contribution in [2.45, 2.75) is 57.4 Å². The van der Waals surface area contributed by atoms with Crippen molar-refractivity contribution < 1.29 is 9.59 Å². The van der Waals surface area contributed by atoms with Crippen LogP contribution in [0.3, 0.4) is 0 Å². The minimum absolute atomic E-state index is 0.0148. The second kappa shape index (κ2) is 9.17. The second-order valence-corrected chi connectivity index (χ2v) is 8.79. The molecular weight excluding hydrogens is 398 g/mol. The van der Waals surface area contributed by atoms with Crippen molar-refractivity contribution >= 4 is 23.4 Å². The molecule has 0 bridgehead atoms. The van der Waals surface area contributed by atoms with Crippen molar-refractivity contribution in [3.05, 3.63) is 63.9 Å². The Bertz CT molecular complexity index is 932. The molecule has 4 rings (SSSR count). The van der Waals surface area contributed by atoms with E-state index in [0.29, 0.717) is 29.2 Å². The number of pyridine rings is 1. The molecule has 2 amide bonds. The number of rotatable bonds is 4. The first-order chi connectivity index (χ1) is 14.5. The van der Waals surface area contributed by atoms with Crippen molar-refractivity contribution in [1.82, 2.24) is 15.2 Å². The highest BCUT2D eigenvalue weighted by molar-refractivity contribution is 6.33. The first-order valence-corrected chi connectivity index (χ1v) is 11.2. The van der Waals surface area contributed by atoms with Gasteiger partial charge in [0.25, 0.3) is 11.8 Å². The zero-order chi connectivity index (χ0) is 21.1. The zero-order valence-electron chi connectivity index (χ0n) is 17.4.